The van der Waals surface area contributed by atoms with E-state index in [4.69, 9.17) is 5.11 Å². The molecule has 8 heavy (non-hydrogen) atoms. The summed E-state index contributed by atoms with van der Waals surface area (Å²) in [5.41, 5.74) is 0. The van der Waals surface area contributed by atoms with Crippen LogP contribution in [-0.4, -0.2) is 29.2 Å². The van der Waals surface area contributed by atoms with E-state index in [2.05, 4.69) is 7.05 Å². The quantitative estimate of drug-likeness (QED) is 0.456. The van der Waals surface area contributed by atoms with E-state index in [1.165, 1.54) is 0 Å². The van der Waals surface area contributed by atoms with Crippen molar-refractivity contribution in [3.63, 3.8) is 0 Å². The molecule has 0 bridgehead atoms. The van der Waals surface area contributed by atoms with Crippen molar-refractivity contribution in [1.82, 2.24) is 4.90 Å². The molecule has 0 aromatic rings. The second kappa shape index (κ2) is 2.46. The summed E-state index contributed by atoms with van der Waals surface area (Å²) in [5, 5.41) is 9.00. The molecule has 1 rings (SSSR count). The average molecular weight is 114 g/mol. The number of piperidine rings is 1. The molecule has 0 radical (unpaired) electrons. The third-order valence-electron chi connectivity index (χ3n) is 1.48. The highest BCUT2D eigenvalue weighted by atomic mass is 16.3. The topological polar surface area (TPSA) is 23.5 Å². The fourth-order valence-electron chi connectivity index (χ4n) is 1.03. The van der Waals surface area contributed by atoms with Gasteiger partial charge in [0.25, 0.3) is 0 Å². The van der Waals surface area contributed by atoms with Gasteiger partial charge in [0.15, 0.2) is 0 Å². The van der Waals surface area contributed by atoms with Gasteiger partial charge in [-0.2, -0.15) is 0 Å². The molecule has 0 aliphatic carbocycles. The van der Waals surface area contributed by atoms with Gasteiger partial charge >= 0.3 is 0 Å². The summed E-state index contributed by atoms with van der Waals surface area (Å²) in [6, 6.07) is 0. The van der Waals surface area contributed by atoms with Crippen molar-refractivity contribution in [1.29, 1.82) is 0 Å². The molecule has 0 amide bonds. The van der Waals surface area contributed by atoms with Crippen LogP contribution in [0.3, 0.4) is 0 Å². The van der Waals surface area contributed by atoms with Crippen molar-refractivity contribution in [2.24, 2.45) is 0 Å². The van der Waals surface area contributed by atoms with Gasteiger partial charge in [0, 0.05) is 0 Å². The van der Waals surface area contributed by atoms with E-state index >= 15 is 0 Å². The Bertz CT molecular complexity index is 66.9. The number of hydrogen-bond donors (Lipinski definition) is 1. The molecule has 0 aromatic carbocycles. The van der Waals surface area contributed by atoms with Crippen LogP contribution >= 0.6 is 0 Å². The molecule has 48 valence electrons. The number of nitrogens with zero attached hydrogens (tertiary/aromatic N) is 1. The van der Waals surface area contributed by atoms with Crippen LogP contribution in [0.5, 0.6) is 0 Å². The van der Waals surface area contributed by atoms with Crippen LogP contribution < -0.4 is 0 Å². The van der Waals surface area contributed by atoms with Crippen molar-refractivity contribution >= 4 is 0 Å². The SMILES string of the molecule is [CH2-]N1CCCC(O)C1. The van der Waals surface area contributed by atoms with Gasteiger partial charge in [0.05, 0.1) is 6.10 Å². The molecule has 1 aliphatic rings. The second-order valence-electron chi connectivity index (χ2n) is 2.37. The number of aliphatic hydroxyl groups excluding tert-OH is 1. The molecule has 1 saturated heterocycles. The molecule has 0 aromatic heterocycles. The Kier molecular flexibility index (Phi) is 1.86. The van der Waals surface area contributed by atoms with Gasteiger partial charge in [0.2, 0.25) is 0 Å². The Hall–Kier alpha value is -0.0800. The number of rotatable bonds is 0. The highest BCUT2D eigenvalue weighted by molar-refractivity contribution is 4.69. The second-order valence-corrected chi connectivity index (χ2v) is 2.37. The molecular formula is C6H12NO-. The van der Waals surface area contributed by atoms with Crippen LogP contribution in [0.25, 0.3) is 0 Å². The molecular weight excluding hydrogens is 102 g/mol. The van der Waals surface area contributed by atoms with Gasteiger partial charge in [-0.05, 0) is 25.9 Å². The Labute approximate surface area is 50.1 Å². The van der Waals surface area contributed by atoms with E-state index in [-0.39, 0.29) is 6.10 Å². The summed E-state index contributed by atoms with van der Waals surface area (Å²) in [6.07, 6.45) is 1.91. The van der Waals surface area contributed by atoms with Crippen LogP contribution in [-0.2, 0) is 0 Å². The molecule has 0 spiro atoms. The van der Waals surface area contributed by atoms with Gasteiger partial charge in [-0.25, -0.2) is 0 Å². The van der Waals surface area contributed by atoms with Gasteiger partial charge < -0.3 is 10.0 Å². The van der Waals surface area contributed by atoms with Crippen molar-refractivity contribution in [2.45, 2.75) is 18.9 Å². The van der Waals surface area contributed by atoms with E-state index in [9.17, 15) is 0 Å². The Morgan fingerprint density at radius 3 is 2.75 bits per heavy atom. The molecule has 1 fully saturated rings. The zero-order valence-corrected chi connectivity index (χ0v) is 5.01. The van der Waals surface area contributed by atoms with Crippen molar-refractivity contribution in [2.75, 3.05) is 13.1 Å². The van der Waals surface area contributed by atoms with Crippen LogP contribution in [0.2, 0.25) is 0 Å². The van der Waals surface area contributed by atoms with E-state index in [1.807, 2.05) is 4.90 Å². The first-order valence-corrected chi connectivity index (χ1v) is 3.02. The third-order valence-corrected chi connectivity index (χ3v) is 1.48. The number of likely N-dealkylation sites (tertiary alicyclic amines) is 1. The summed E-state index contributed by atoms with van der Waals surface area (Å²) in [5.74, 6) is 0. The van der Waals surface area contributed by atoms with E-state index < -0.39 is 0 Å². The maximum atomic E-state index is 9.00. The van der Waals surface area contributed by atoms with Gasteiger partial charge in [-0.15, -0.1) is 0 Å². The summed E-state index contributed by atoms with van der Waals surface area (Å²) < 4.78 is 0. The largest absolute Gasteiger partial charge is 0.457 e. The normalized spacial score (nSPS) is 33.0. The summed E-state index contributed by atoms with van der Waals surface area (Å²) in [6.45, 7) is 1.79. The van der Waals surface area contributed by atoms with Crippen molar-refractivity contribution < 1.29 is 5.11 Å². The standard InChI is InChI=1S/C6H12NO/c1-7-4-2-3-6(8)5-7/h6,8H,1-5H2/q-1. The monoisotopic (exact) mass is 114 g/mol. The maximum absolute atomic E-state index is 9.00. The number of β-amino-alcohol motifs (C(OH)–C–C–N with tert-alkyl or cyclic N) is 1. The minimum Gasteiger partial charge on any atom is -0.457 e. The lowest BCUT2D eigenvalue weighted by Crippen LogP contribution is -2.33. The van der Waals surface area contributed by atoms with E-state index in [1.54, 1.807) is 0 Å². The molecule has 2 nitrogen and oxygen atoms in total. The first kappa shape index (κ1) is 6.05. The number of aliphatic hydroxyl groups is 1. The van der Waals surface area contributed by atoms with Crippen LogP contribution in [0.15, 0.2) is 0 Å². The molecule has 2 heteroatoms. The van der Waals surface area contributed by atoms with Gasteiger partial charge in [-0.1, -0.05) is 0 Å². The zero-order valence-electron chi connectivity index (χ0n) is 5.01. The predicted octanol–water partition coefficient (Wildman–Crippen LogP) is 0.235. The Balaban J connectivity index is 2.23. The summed E-state index contributed by atoms with van der Waals surface area (Å²) in [7, 11) is 3.72. The lowest BCUT2D eigenvalue weighted by molar-refractivity contribution is 0.0928. The Morgan fingerprint density at radius 2 is 2.38 bits per heavy atom. The van der Waals surface area contributed by atoms with E-state index in [0.29, 0.717) is 0 Å². The molecule has 1 aliphatic heterocycles. The average Bonchev–Trinajstić information content (AvgIpc) is 1.64. The molecule has 1 N–H and O–H groups in total. The van der Waals surface area contributed by atoms with Gasteiger partial charge in [0.1, 0.15) is 0 Å². The highest BCUT2D eigenvalue weighted by Gasteiger charge is 2.08. The molecule has 1 heterocycles. The summed E-state index contributed by atoms with van der Waals surface area (Å²) >= 11 is 0. The fraction of sp³-hybridized carbons (Fsp3) is 0.833. The maximum Gasteiger partial charge on any atom is 0.0643 e. The van der Waals surface area contributed by atoms with Crippen molar-refractivity contribution in [3.05, 3.63) is 7.05 Å². The minimum atomic E-state index is -0.124. The first-order chi connectivity index (χ1) is 3.79. The summed E-state index contributed by atoms with van der Waals surface area (Å²) in [4.78, 5) is 1.91. The zero-order chi connectivity index (χ0) is 5.98. The molecule has 1 unspecified atom stereocenters. The minimum absolute atomic E-state index is 0.124. The lowest BCUT2D eigenvalue weighted by Gasteiger charge is -2.32. The number of hydrogen-bond acceptors (Lipinski definition) is 2. The smallest absolute Gasteiger partial charge is 0.0643 e. The molecule has 0 saturated carbocycles. The van der Waals surface area contributed by atoms with E-state index in [0.717, 1.165) is 25.9 Å². The Morgan fingerprint density at radius 1 is 1.62 bits per heavy atom. The highest BCUT2D eigenvalue weighted by Crippen LogP contribution is 2.07. The first-order valence-electron chi connectivity index (χ1n) is 3.02. The third kappa shape index (κ3) is 1.46. The predicted molar refractivity (Wildman–Crippen MR) is 32.2 cm³/mol. The van der Waals surface area contributed by atoms with Crippen LogP contribution in [0.1, 0.15) is 12.8 Å². The van der Waals surface area contributed by atoms with Crippen LogP contribution in [0, 0.1) is 7.05 Å². The van der Waals surface area contributed by atoms with Gasteiger partial charge in [-0.3, -0.25) is 7.05 Å². The molecule has 1 atom stereocenters. The lowest BCUT2D eigenvalue weighted by atomic mass is 10.1. The fourth-order valence-corrected chi connectivity index (χ4v) is 1.03. The van der Waals surface area contributed by atoms with Crippen LogP contribution in [0.4, 0.5) is 0 Å². The van der Waals surface area contributed by atoms with Crippen molar-refractivity contribution in [3.8, 4) is 0 Å².